The molecule has 0 heterocycles. The molecular formula is C30H26INO3. The number of carbonyl (C=O) groups is 2. The molecule has 1 atom stereocenters. The number of ether oxygens (including phenoxy) is 1. The van der Waals surface area contributed by atoms with E-state index in [0.29, 0.717) is 6.42 Å². The van der Waals surface area contributed by atoms with Crippen LogP contribution in [0.5, 0.6) is 0 Å². The van der Waals surface area contributed by atoms with E-state index in [0.717, 1.165) is 25.8 Å². The number of hydrogen-bond acceptors (Lipinski definition) is 3. The van der Waals surface area contributed by atoms with Gasteiger partial charge in [-0.15, -0.1) is 0 Å². The summed E-state index contributed by atoms with van der Waals surface area (Å²) >= 11 is 2.24. The van der Waals surface area contributed by atoms with E-state index in [4.69, 9.17) is 4.74 Å². The molecule has 1 amide bonds. The van der Waals surface area contributed by atoms with Crippen molar-refractivity contribution in [1.82, 2.24) is 5.32 Å². The molecule has 1 N–H and O–H groups in total. The molecule has 0 saturated heterocycles. The summed E-state index contributed by atoms with van der Waals surface area (Å²) in [4.78, 5) is 27.3. The minimum absolute atomic E-state index is 0.290. The molecule has 0 spiro atoms. The van der Waals surface area contributed by atoms with Crippen LogP contribution in [0.1, 0.15) is 22.3 Å². The highest BCUT2D eigenvalue weighted by Crippen LogP contribution is 2.39. The zero-order valence-corrected chi connectivity index (χ0v) is 21.5. The largest absolute Gasteiger partial charge is 0.467 e. The van der Waals surface area contributed by atoms with E-state index >= 15 is 0 Å². The molecule has 0 aromatic heterocycles. The summed E-state index contributed by atoms with van der Waals surface area (Å²) in [5.74, 6) is -0.776. The standard InChI is InChI=1S/C30H26INO3/c1-35-28(33)27(21-22-12-11-19-26(31)20-22)32-29(34)30(23-13-5-2-6-14-23,24-15-7-3-8-16-24)25-17-9-4-10-18-25/h2-20,27H,21H2,1H3,(H,32,34)/t27-/m0/s1. The lowest BCUT2D eigenvalue weighted by Gasteiger charge is -2.35. The molecule has 4 aromatic carbocycles. The molecule has 4 nitrogen and oxygen atoms in total. The van der Waals surface area contributed by atoms with Crippen LogP contribution >= 0.6 is 22.6 Å². The molecule has 4 aromatic rings. The molecule has 0 unspecified atom stereocenters. The molecular weight excluding hydrogens is 549 g/mol. The third kappa shape index (κ3) is 5.30. The zero-order chi connectivity index (χ0) is 24.7. The fraction of sp³-hybridized carbons (Fsp3) is 0.133. The third-order valence-electron chi connectivity index (χ3n) is 6.08. The Kier molecular flexibility index (Phi) is 7.98. The normalized spacial score (nSPS) is 11.9. The van der Waals surface area contributed by atoms with E-state index in [9.17, 15) is 9.59 Å². The first-order chi connectivity index (χ1) is 17.1. The van der Waals surface area contributed by atoms with Gasteiger partial charge in [0.25, 0.3) is 0 Å². The minimum atomic E-state index is -1.17. The van der Waals surface area contributed by atoms with E-state index in [1.807, 2.05) is 115 Å². The number of methoxy groups -OCH3 is 1. The van der Waals surface area contributed by atoms with Crippen LogP contribution < -0.4 is 5.32 Å². The van der Waals surface area contributed by atoms with Crippen molar-refractivity contribution in [1.29, 1.82) is 0 Å². The Balaban J connectivity index is 1.85. The Morgan fingerprint density at radius 3 is 1.69 bits per heavy atom. The smallest absolute Gasteiger partial charge is 0.328 e. The molecule has 176 valence electrons. The van der Waals surface area contributed by atoms with Crippen LogP contribution in [-0.2, 0) is 26.2 Å². The molecule has 0 saturated carbocycles. The average Bonchev–Trinajstić information content (AvgIpc) is 2.90. The summed E-state index contributed by atoms with van der Waals surface area (Å²) in [5.41, 5.74) is 2.21. The maximum atomic E-state index is 14.4. The van der Waals surface area contributed by atoms with Gasteiger partial charge in [-0.05, 0) is 57.0 Å². The van der Waals surface area contributed by atoms with Gasteiger partial charge in [0.15, 0.2) is 0 Å². The lowest BCUT2D eigenvalue weighted by atomic mass is 9.68. The molecule has 0 fully saturated rings. The van der Waals surface area contributed by atoms with E-state index in [2.05, 4.69) is 27.9 Å². The first-order valence-electron chi connectivity index (χ1n) is 11.4. The van der Waals surface area contributed by atoms with E-state index < -0.39 is 17.4 Å². The van der Waals surface area contributed by atoms with Crippen molar-refractivity contribution in [2.45, 2.75) is 17.9 Å². The SMILES string of the molecule is COC(=O)[C@H](Cc1cccc(I)c1)NC(=O)C(c1ccccc1)(c1ccccc1)c1ccccc1. The van der Waals surface area contributed by atoms with Gasteiger partial charge in [-0.3, -0.25) is 4.79 Å². The van der Waals surface area contributed by atoms with Crippen molar-refractivity contribution in [3.05, 3.63) is 141 Å². The zero-order valence-electron chi connectivity index (χ0n) is 19.4. The maximum Gasteiger partial charge on any atom is 0.328 e. The first-order valence-corrected chi connectivity index (χ1v) is 12.4. The topological polar surface area (TPSA) is 55.4 Å². The molecule has 0 aliphatic heterocycles. The Bertz CT molecular complexity index is 1180. The van der Waals surface area contributed by atoms with Crippen LogP contribution in [-0.4, -0.2) is 25.0 Å². The number of amides is 1. The summed E-state index contributed by atoms with van der Waals surface area (Å²) in [6.07, 6.45) is 0.323. The molecule has 5 heteroatoms. The van der Waals surface area contributed by atoms with Gasteiger partial charge in [-0.1, -0.05) is 103 Å². The fourth-order valence-electron chi connectivity index (χ4n) is 4.46. The molecule has 0 radical (unpaired) electrons. The van der Waals surface area contributed by atoms with Gasteiger partial charge in [0.05, 0.1) is 7.11 Å². The van der Waals surface area contributed by atoms with Crippen molar-refractivity contribution in [3.8, 4) is 0 Å². The van der Waals surface area contributed by atoms with Crippen molar-refractivity contribution in [2.24, 2.45) is 0 Å². The summed E-state index contributed by atoms with van der Waals surface area (Å²) < 4.78 is 6.15. The number of hydrogen-bond donors (Lipinski definition) is 1. The average molecular weight is 575 g/mol. The predicted molar refractivity (Wildman–Crippen MR) is 146 cm³/mol. The monoisotopic (exact) mass is 575 g/mol. The summed E-state index contributed by atoms with van der Waals surface area (Å²) in [6, 6.07) is 36.1. The van der Waals surface area contributed by atoms with Crippen molar-refractivity contribution in [3.63, 3.8) is 0 Å². The molecule has 0 aliphatic carbocycles. The van der Waals surface area contributed by atoms with E-state index in [1.165, 1.54) is 7.11 Å². The molecule has 0 aliphatic rings. The van der Waals surface area contributed by atoms with Gasteiger partial charge in [-0.2, -0.15) is 0 Å². The second-order valence-corrected chi connectivity index (χ2v) is 9.48. The van der Waals surface area contributed by atoms with Crippen molar-refractivity contribution >= 4 is 34.5 Å². The van der Waals surface area contributed by atoms with Crippen LogP contribution in [0.25, 0.3) is 0 Å². The van der Waals surface area contributed by atoms with E-state index in [1.54, 1.807) is 0 Å². The van der Waals surface area contributed by atoms with Crippen LogP contribution in [0.3, 0.4) is 0 Å². The molecule has 35 heavy (non-hydrogen) atoms. The predicted octanol–water partition coefficient (Wildman–Crippen LogP) is 5.53. The Hall–Kier alpha value is -3.45. The van der Waals surface area contributed by atoms with Crippen LogP contribution in [0.4, 0.5) is 0 Å². The number of esters is 1. The highest BCUT2D eigenvalue weighted by Gasteiger charge is 2.45. The number of nitrogens with one attached hydrogen (secondary N) is 1. The number of halogens is 1. The van der Waals surface area contributed by atoms with Crippen LogP contribution in [0, 0.1) is 3.57 Å². The van der Waals surface area contributed by atoms with Gasteiger partial charge in [-0.25, -0.2) is 4.79 Å². The molecule has 0 bridgehead atoms. The summed E-state index contributed by atoms with van der Waals surface area (Å²) in [6.45, 7) is 0. The Morgan fingerprint density at radius 1 is 0.771 bits per heavy atom. The van der Waals surface area contributed by atoms with E-state index in [-0.39, 0.29) is 5.91 Å². The fourth-order valence-corrected chi connectivity index (χ4v) is 5.07. The summed E-state index contributed by atoms with van der Waals surface area (Å²) in [7, 11) is 1.34. The second kappa shape index (κ2) is 11.3. The highest BCUT2D eigenvalue weighted by molar-refractivity contribution is 14.1. The van der Waals surface area contributed by atoms with Crippen LogP contribution in [0.2, 0.25) is 0 Å². The summed E-state index contributed by atoms with van der Waals surface area (Å²) in [5, 5.41) is 3.06. The van der Waals surface area contributed by atoms with Gasteiger partial charge < -0.3 is 10.1 Å². The lowest BCUT2D eigenvalue weighted by Crippen LogP contribution is -2.52. The van der Waals surface area contributed by atoms with Gasteiger partial charge in [0, 0.05) is 9.99 Å². The second-order valence-electron chi connectivity index (χ2n) is 8.23. The van der Waals surface area contributed by atoms with Gasteiger partial charge in [0.2, 0.25) is 5.91 Å². The first kappa shape index (κ1) is 24.7. The number of rotatable bonds is 8. The third-order valence-corrected chi connectivity index (χ3v) is 6.75. The highest BCUT2D eigenvalue weighted by atomic mass is 127. The van der Waals surface area contributed by atoms with Crippen molar-refractivity contribution < 1.29 is 14.3 Å². The quantitative estimate of drug-likeness (QED) is 0.171. The number of carbonyl (C=O) groups excluding carboxylic acids is 2. The van der Waals surface area contributed by atoms with Crippen molar-refractivity contribution in [2.75, 3.05) is 7.11 Å². The lowest BCUT2D eigenvalue weighted by molar-refractivity contribution is -0.145. The number of benzene rings is 4. The Morgan fingerprint density at radius 2 is 1.26 bits per heavy atom. The van der Waals surface area contributed by atoms with Gasteiger partial charge >= 0.3 is 5.97 Å². The minimum Gasteiger partial charge on any atom is -0.467 e. The van der Waals surface area contributed by atoms with Crippen LogP contribution in [0.15, 0.2) is 115 Å². The molecule has 4 rings (SSSR count). The Labute approximate surface area is 219 Å². The van der Waals surface area contributed by atoms with Gasteiger partial charge in [0.1, 0.15) is 11.5 Å². The maximum absolute atomic E-state index is 14.4.